The van der Waals surface area contributed by atoms with E-state index in [-0.39, 0.29) is 43.7 Å². The van der Waals surface area contributed by atoms with Crippen LogP contribution in [0, 0.1) is 5.92 Å². The number of amides is 2. The van der Waals surface area contributed by atoms with Gasteiger partial charge in [0.1, 0.15) is 6.61 Å². The van der Waals surface area contributed by atoms with Crippen LogP contribution in [0.15, 0.2) is 12.5 Å². The van der Waals surface area contributed by atoms with Crippen LogP contribution in [0.3, 0.4) is 0 Å². The number of rotatable bonds is 38. The third kappa shape index (κ3) is 29.7. The van der Waals surface area contributed by atoms with Crippen LogP contribution in [-0.4, -0.2) is 95.3 Å². The Morgan fingerprint density at radius 1 is 0.679 bits per heavy atom. The van der Waals surface area contributed by atoms with E-state index in [4.69, 9.17) is 20.3 Å². The lowest BCUT2D eigenvalue weighted by molar-refractivity contribution is -0.144. The molecule has 0 saturated heterocycles. The maximum atomic E-state index is 12.4. The van der Waals surface area contributed by atoms with E-state index >= 15 is 0 Å². The number of nitrogens with one attached hydrogen (secondary N) is 3. The number of ketones is 1. The number of H-pyrrole nitrogens is 1. The van der Waals surface area contributed by atoms with Gasteiger partial charge in [-0.25, -0.2) is 4.98 Å². The van der Waals surface area contributed by atoms with Crippen LogP contribution in [0.4, 0.5) is 0 Å². The number of carbonyl (C=O) groups is 5. The predicted octanol–water partition coefficient (Wildman–Crippen LogP) is 5.48. The lowest BCUT2D eigenvalue weighted by Crippen LogP contribution is -2.35. The molecule has 1 rings (SSSR count). The molecule has 2 amide bonds. The van der Waals surface area contributed by atoms with Crippen LogP contribution in [0.5, 0.6) is 0 Å². The first-order valence-corrected chi connectivity index (χ1v) is 20.1. The summed E-state index contributed by atoms with van der Waals surface area (Å²) in [4.78, 5) is 65.3. The van der Waals surface area contributed by atoms with Crippen molar-refractivity contribution in [2.24, 2.45) is 11.7 Å². The lowest BCUT2D eigenvalue weighted by Gasteiger charge is -2.15. The topological polar surface area (TPSA) is 223 Å². The first-order valence-electron chi connectivity index (χ1n) is 20.1. The first kappa shape index (κ1) is 47.7. The fourth-order valence-corrected chi connectivity index (χ4v) is 6.02. The van der Waals surface area contributed by atoms with E-state index in [0.717, 1.165) is 37.8 Å². The Morgan fingerprint density at radius 3 is 1.77 bits per heavy atom. The Hall–Kier alpha value is -3.36. The van der Waals surface area contributed by atoms with Crippen molar-refractivity contribution < 1.29 is 43.7 Å². The molecular weight excluding hydrogens is 682 g/mol. The molecule has 0 aliphatic carbocycles. The van der Waals surface area contributed by atoms with E-state index < -0.39 is 23.9 Å². The van der Waals surface area contributed by atoms with Crippen molar-refractivity contribution in [3.63, 3.8) is 0 Å². The number of nitrogens with two attached hydrogens (primary N) is 1. The number of carboxylic acids is 2. The molecule has 0 saturated carbocycles. The number of Topliss-reactive ketones (excluding diaryl/α,β-unsaturated/α-hetero) is 1. The monoisotopic (exact) mass is 752 g/mol. The SMILES string of the molecule is N[C@@H](Cc1cnc[nH]1)C(=O)C[C@@H](CCCCNC(=O)COCCOCCNC(=O)CCCCCCCCCCCCCCCCCCC(=O)O)C(=O)O. The molecule has 0 aliphatic heterocycles. The van der Waals surface area contributed by atoms with Crippen molar-refractivity contribution in [1.29, 1.82) is 0 Å². The van der Waals surface area contributed by atoms with Crippen molar-refractivity contribution >= 4 is 29.5 Å². The third-order valence-electron chi connectivity index (χ3n) is 9.22. The van der Waals surface area contributed by atoms with Gasteiger partial charge in [0, 0.05) is 50.7 Å². The van der Waals surface area contributed by atoms with E-state index in [0.29, 0.717) is 58.4 Å². The zero-order chi connectivity index (χ0) is 38.8. The first-order chi connectivity index (χ1) is 25.7. The number of aromatic nitrogens is 2. The van der Waals surface area contributed by atoms with E-state index in [2.05, 4.69) is 20.6 Å². The van der Waals surface area contributed by atoms with Gasteiger partial charge >= 0.3 is 11.9 Å². The second-order valence-corrected chi connectivity index (χ2v) is 14.0. The Morgan fingerprint density at radius 2 is 1.23 bits per heavy atom. The van der Waals surface area contributed by atoms with Gasteiger partial charge in [0.2, 0.25) is 11.8 Å². The minimum absolute atomic E-state index is 0.0391. The van der Waals surface area contributed by atoms with Crippen molar-refractivity contribution in [2.75, 3.05) is 39.5 Å². The lowest BCUT2D eigenvalue weighted by atomic mass is 9.92. The molecule has 0 aromatic carbocycles. The molecule has 0 radical (unpaired) electrons. The van der Waals surface area contributed by atoms with E-state index in [1.54, 1.807) is 6.20 Å². The maximum Gasteiger partial charge on any atom is 0.306 e. The van der Waals surface area contributed by atoms with Crippen LogP contribution < -0.4 is 16.4 Å². The predicted molar refractivity (Wildman–Crippen MR) is 203 cm³/mol. The van der Waals surface area contributed by atoms with Crippen LogP contribution in [0.1, 0.15) is 147 Å². The van der Waals surface area contributed by atoms with Crippen molar-refractivity contribution in [3.05, 3.63) is 18.2 Å². The summed E-state index contributed by atoms with van der Waals surface area (Å²) in [5, 5.41) is 23.8. The average molecular weight is 752 g/mol. The van der Waals surface area contributed by atoms with Gasteiger partial charge in [-0.05, 0) is 25.7 Å². The van der Waals surface area contributed by atoms with Crippen LogP contribution >= 0.6 is 0 Å². The fraction of sp³-hybridized carbons (Fsp3) is 0.795. The second kappa shape index (κ2) is 33.2. The molecule has 53 heavy (non-hydrogen) atoms. The number of imidazole rings is 1. The smallest absolute Gasteiger partial charge is 0.306 e. The number of aliphatic carboxylic acids is 2. The molecule has 1 heterocycles. The molecule has 7 N–H and O–H groups in total. The van der Waals surface area contributed by atoms with Crippen molar-refractivity contribution in [2.45, 2.75) is 154 Å². The molecule has 0 spiro atoms. The normalized spacial score (nSPS) is 12.3. The summed E-state index contributed by atoms with van der Waals surface area (Å²) < 4.78 is 10.8. The number of carbonyl (C=O) groups excluding carboxylic acids is 3. The highest BCUT2D eigenvalue weighted by Crippen LogP contribution is 2.16. The molecule has 304 valence electrons. The van der Waals surface area contributed by atoms with Crippen LogP contribution in [0.25, 0.3) is 0 Å². The summed E-state index contributed by atoms with van der Waals surface area (Å²) in [7, 11) is 0. The van der Waals surface area contributed by atoms with Gasteiger partial charge in [0.05, 0.1) is 38.1 Å². The number of hydrogen-bond acceptors (Lipinski definition) is 9. The Kier molecular flexibility index (Phi) is 29.9. The number of ether oxygens (including phenoxy) is 2. The van der Waals surface area contributed by atoms with Gasteiger partial charge in [0.25, 0.3) is 0 Å². The molecule has 2 atom stereocenters. The average Bonchev–Trinajstić information content (AvgIpc) is 3.64. The molecular formula is C39H69N5O9. The number of nitrogens with zero attached hydrogens (tertiary/aromatic N) is 1. The van der Waals surface area contributed by atoms with Gasteiger partial charge < -0.3 is 41.0 Å². The Labute approximate surface area is 316 Å². The molecule has 0 unspecified atom stereocenters. The van der Waals surface area contributed by atoms with Crippen LogP contribution in [0.2, 0.25) is 0 Å². The summed E-state index contributed by atoms with van der Waals surface area (Å²) >= 11 is 0. The highest BCUT2D eigenvalue weighted by Gasteiger charge is 2.24. The zero-order valence-electron chi connectivity index (χ0n) is 32.1. The largest absolute Gasteiger partial charge is 0.481 e. The quantitative estimate of drug-likeness (QED) is 0.0464. The van der Waals surface area contributed by atoms with Crippen molar-refractivity contribution in [1.82, 2.24) is 20.6 Å². The Balaban J connectivity index is 1.84. The summed E-state index contributed by atoms with van der Waals surface area (Å²) in [6.07, 6.45) is 24.4. The number of aromatic amines is 1. The number of hydrogen-bond donors (Lipinski definition) is 6. The standard InChI is InChI=1S/C39H69N5O9/c40-34(28-33-29-41-31-44-33)35(45)27-32(39(50)51)19-17-18-22-42-37(47)30-53-26-25-52-24-23-43-36(46)20-15-13-11-9-7-5-3-1-2-4-6-8-10-12-14-16-21-38(48)49/h29,31-32,34H,1-28,30,40H2,(H,41,44)(H,42,47)(H,43,46)(H,48,49)(H,50,51)/t32-,34+/m1/s1. The second-order valence-electron chi connectivity index (χ2n) is 14.0. The molecule has 14 nitrogen and oxygen atoms in total. The highest BCUT2D eigenvalue weighted by atomic mass is 16.5. The molecule has 0 bridgehead atoms. The minimum Gasteiger partial charge on any atom is -0.481 e. The summed E-state index contributed by atoms with van der Waals surface area (Å²) in [6, 6.07) is -0.793. The van der Waals surface area contributed by atoms with E-state index in [9.17, 15) is 29.1 Å². The van der Waals surface area contributed by atoms with E-state index in [1.807, 2.05) is 0 Å². The minimum atomic E-state index is -1.03. The van der Waals surface area contributed by atoms with Gasteiger partial charge in [-0.2, -0.15) is 0 Å². The molecule has 0 aliphatic rings. The molecule has 0 fully saturated rings. The Bertz CT molecular complexity index is 1100. The maximum absolute atomic E-state index is 12.4. The highest BCUT2D eigenvalue weighted by molar-refractivity contribution is 5.87. The van der Waals surface area contributed by atoms with Gasteiger partial charge in [-0.3, -0.25) is 24.0 Å². The zero-order valence-corrected chi connectivity index (χ0v) is 32.1. The van der Waals surface area contributed by atoms with E-state index in [1.165, 1.54) is 77.0 Å². The molecule has 14 heteroatoms. The van der Waals surface area contributed by atoms with Gasteiger partial charge in [-0.1, -0.05) is 96.3 Å². The van der Waals surface area contributed by atoms with Gasteiger partial charge in [0.15, 0.2) is 5.78 Å². The summed E-state index contributed by atoms with van der Waals surface area (Å²) in [6.45, 7) is 1.63. The summed E-state index contributed by atoms with van der Waals surface area (Å²) in [5.74, 6) is -3.08. The summed E-state index contributed by atoms with van der Waals surface area (Å²) in [5.41, 5.74) is 6.65. The molecule has 1 aromatic heterocycles. The number of unbranched alkanes of at least 4 members (excludes halogenated alkanes) is 16. The number of carboxylic acid groups (broad SMARTS) is 2. The van der Waals surface area contributed by atoms with Gasteiger partial charge in [-0.15, -0.1) is 0 Å². The molecule has 1 aromatic rings. The fourth-order valence-electron chi connectivity index (χ4n) is 6.02. The third-order valence-corrected chi connectivity index (χ3v) is 9.22. The van der Waals surface area contributed by atoms with Crippen LogP contribution in [-0.2, 0) is 39.9 Å². The van der Waals surface area contributed by atoms with Crippen molar-refractivity contribution in [3.8, 4) is 0 Å².